The summed E-state index contributed by atoms with van der Waals surface area (Å²) in [5.74, 6) is 0.242. The molecule has 2 fully saturated rings. The smallest absolute Gasteiger partial charge is 0.410 e. The third-order valence-corrected chi connectivity index (χ3v) is 8.51. The first-order chi connectivity index (χ1) is 20.5. The lowest BCUT2D eigenvalue weighted by atomic mass is 9.88. The van der Waals surface area contributed by atoms with Gasteiger partial charge in [0.25, 0.3) is 5.91 Å². The van der Waals surface area contributed by atoms with E-state index in [1.807, 2.05) is 69.4 Å². The van der Waals surface area contributed by atoms with Crippen molar-refractivity contribution >= 4 is 23.6 Å². The van der Waals surface area contributed by atoms with Crippen LogP contribution in [-0.4, -0.2) is 76.3 Å². The second-order valence-corrected chi connectivity index (χ2v) is 12.8. The maximum Gasteiger partial charge on any atom is 0.410 e. The number of nitrogens with zero attached hydrogens (tertiary/aromatic N) is 5. The minimum atomic E-state index is -0.546. The first-order valence-corrected chi connectivity index (χ1v) is 15.2. The van der Waals surface area contributed by atoms with Gasteiger partial charge >= 0.3 is 6.09 Å². The van der Waals surface area contributed by atoms with Gasteiger partial charge in [0.05, 0.1) is 6.20 Å². The molecule has 0 bridgehead atoms. The topological polar surface area (TPSA) is 88.0 Å². The molecule has 1 aromatic heterocycles. The normalized spacial score (nSPS) is 16.7. The van der Waals surface area contributed by atoms with Gasteiger partial charge < -0.3 is 19.4 Å². The fourth-order valence-electron chi connectivity index (χ4n) is 6.00. The largest absolute Gasteiger partial charge is 0.444 e. The van der Waals surface area contributed by atoms with Crippen LogP contribution in [0.25, 0.3) is 11.1 Å². The molecule has 2 aliphatic rings. The Balaban J connectivity index is 1.14. The molecule has 9 nitrogen and oxygen atoms in total. The fourth-order valence-corrected chi connectivity index (χ4v) is 6.00. The van der Waals surface area contributed by atoms with Crippen molar-refractivity contribution in [2.24, 2.45) is 13.0 Å². The van der Waals surface area contributed by atoms with Crippen molar-refractivity contribution in [3.8, 4) is 11.1 Å². The summed E-state index contributed by atoms with van der Waals surface area (Å²) in [6.07, 6.45) is 6.56. The minimum absolute atomic E-state index is 0.00116. The number of aromatic nitrogens is 2. The Hall–Kier alpha value is -4.14. The van der Waals surface area contributed by atoms with Crippen LogP contribution < -0.4 is 4.90 Å². The Bertz CT molecular complexity index is 1440. The van der Waals surface area contributed by atoms with Gasteiger partial charge in [0, 0.05) is 69.2 Å². The Kier molecular flexibility index (Phi) is 8.89. The van der Waals surface area contributed by atoms with E-state index in [-0.39, 0.29) is 23.8 Å². The minimum Gasteiger partial charge on any atom is -0.444 e. The highest BCUT2D eigenvalue weighted by Gasteiger charge is 2.32. The summed E-state index contributed by atoms with van der Waals surface area (Å²) in [5, 5.41) is 4.26. The average Bonchev–Trinajstić information content (AvgIpc) is 3.45. The predicted molar refractivity (Wildman–Crippen MR) is 167 cm³/mol. The lowest BCUT2D eigenvalue weighted by Gasteiger charge is -2.34. The van der Waals surface area contributed by atoms with Crippen LogP contribution in [0.5, 0.6) is 0 Å². The van der Waals surface area contributed by atoms with Gasteiger partial charge in [-0.05, 0) is 81.7 Å². The van der Waals surface area contributed by atoms with Crippen molar-refractivity contribution in [1.29, 1.82) is 0 Å². The zero-order valence-corrected chi connectivity index (χ0v) is 26.0. The van der Waals surface area contributed by atoms with Crippen LogP contribution in [0, 0.1) is 5.92 Å². The van der Waals surface area contributed by atoms with E-state index in [2.05, 4.69) is 29.4 Å². The Morgan fingerprint density at radius 2 is 1.53 bits per heavy atom. The molecule has 43 heavy (non-hydrogen) atoms. The van der Waals surface area contributed by atoms with Gasteiger partial charge in [0.1, 0.15) is 5.60 Å². The Labute approximate surface area is 254 Å². The number of benzene rings is 2. The number of carbonyl (C=O) groups is 3. The number of carbonyl (C=O) groups excluding carboxylic acids is 3. The van der Waals surface area contributed by atoms with E-state index in [4.69, 9.17) is 4.74 Å². The third-order valence-electron chi connectivity index (χ3n) is 8.51. The summed E-state index contributed by atoms with van der Waals surface area (Å²) < 4.78 is 7.28. The lowest BCUT2D eigenvalue weighted by molar-refractivity contribution is -0.123. The van der Waals surface area contributed by atoms with Crippen molar-refractivity contribution < 1.29 is 19.1 Å². The molecule has 0 spiro atoms. The molecule has 2 aliphatic heterocycles. The third kappa shape index (κ3) is 7.27. The number of hydrogen-bond donors (Lipinski definition) is 0. The van der Waals surface area contributed by atoms with Crippen LogP contribution in [0.15, 0.2) is 60.9 Å². The lowest BCUT2D eigenvalue weighted by Crippen LogP contribution is -2.45. The van der Waals surface area contributed by atoms with Gasteiger partial charge in [-0.25, -0.2) is 4.79 Å². The van der Waals surface area contributed by atoms with Gasteiger partial charge in [-0.3, -0.25) is 14.3 Å². The summed E-state index contributed by atoms with van der Waals surface area (Å²) >= 11 is 0. The first kappa shape index (κ1) is 30.3. The number of hydrogen-bond acceptors (Lipinski definition) is 5. The maximum absolute atomic E-state index is 13.5. The molecule has 2 saturated heterocycles. The molecule has 2 aromatic carbocycles. The molecule has 228 valence electrons. The highest BCUT2D eigenvalue weighted by molar-refractivity contribution is 5.98. The van der Waals surface area contributed by atoms with Crippen LogP contribution in [0.4, 0.5) is 10.5 Å². The van der Waals surface area contributed by atoms with Crippen molar-refractivity contribution in [3.05, 3.63) is 72.1 Å². The average molecular weight is 586 g/mol. The van der Waals surface area contributed by atoms with E-state index in [1.165, 1.54) is 5.56 Å². The molecule has 0 N–H and O–H groups in total. The monoisotopic (exact) mass is 585 g/mol. The van der Waals surface area contributed by atoms with E-state index in [0.717, 1.165) is 24.0 Å². The summed E-state index contributed by atoms with van der Waals surface area (Å²) in [4.78, 5) is 44.5. The number of aryl methyl sites for hydroxylation is 1. The van der Waals surface area contributed by atoms with Gasteiger partial charge in [0.2, 0.25) is 5.91 Å². The van der Waals surface area contributed by atoms with Gasteiger partial charge in [-0.2, -0.15) is 5.10 Å². The van der Waals surface area contributed by atoms with Crippen LogP contribution >= 0.6 is 0 Å². The standard InChI is InChI=1S/C34H43N5O4/c1-34(2,3)43-33(42)39-19-15-27(16-20-39)31(40)37(5)30-8-6-7-28(21-30)32(41)38-17-13-26(14-18-38)24-9-11-25(12-10-24)29-22-35-36(4)23-29/h6-12,21-23,26-27H,13-20H2,1-5H3. The van der Waals surface area contributed by atoms with Gasteiger partial charge in [0.15, 0.2) is 0 Å². The van der Waals surface area contributed by atoms with Crippen molar-refractivity contribution in [1.82, 2.24) is 19.6 Å². The second kappa shape index (κ2) is 12.6. The van der Waals surface area contributed by atoms with Crippen LogP contribution in [0.3, 0.4) is 0 Å². The summed E-state index contributed by atoms with van der Waals surface area (Å²) in [5.41, 5.74) is 4.31. The van der Waals surface area contributed by atoms with E-state index in [0.29, 0.717) is 56.2 Å². The van der Waals surface area contributed by atoms with Crippen LogP contribution in [0.2, 0.25) is 0 Å². The Morgan fingerprint density at radius 1 is 0.884 bits per heavy atom. The molecular formula is C34H43N5O4. The van der Waals surface area contributed by atoms with Crippen molar-refractivity contribution in [3.63, 3.8) is 0 Å². The molecule has 9 heteroatoms. The number of ether oxygens (including phenoxy) is 1. The second-order valence-electron chi connectivity index (χ2n) is 12.8. The zero-order valence-electron chi connectivity index (χ0n) is 26.0. The SMILES string of the molecule is CN(C(=O)C1CCN(C(=O)OC(C)(C)C)CC1)c1cccc(C(=O)N2CCC(c3ccc(-c4cnn(C)c4)cc3)CC2)c1. The molecule has 0 radical (unpaired) electrons. The van der Waals surface area contributed by atoms with E-state index in [1.54, 1.807) is 21.5 Å². The number of anilines is 1. The highest BCUT2D eigenvalue weighted by atomic mass is 16.6. The van der Waals surface area contributed by atoms with Gasteiger partial charge in [-0.1, -0.05) is 30.3 Å². The first-order valence-electron chi connectivity index (χ1n) is 15.2. The molecule has 5 rings (SSSR count). The fraction of sp³-hybridized carbons (Fsp3) is 0.471. The maximum atomic E-state index is 13.5. The molecule has 3 amide bonds. The number of piperidine rings is 2. The van der Waals surface area contributed by atoms with E-state index in [9.17, 15) is 14.4 Å². The quantitative estimate of drug-likeness (QED) is 0.382. The number of rotatable bonds is 5. The van der Waals surface area contributed by atoms with Crippen LogP contribution in [-0.2, 0) is 16.6 Å². The molecule has 0 saturated carbocycles. The molecule has 3 aromatic rings. The summed E-state index contributed by atoms with van der Waals surface area (Å²) in [6, 6.07) is 16.0. The van der Waals surface area contributed by atoms with Crippen LogP contribution in [0.1, 0.15) is 68.3 Å². The number of amides is 3. The van der Waals surface area contributed by atoms with Crippen molar-refractivity contribution in [2.75, 3.05) is 38.1 Å². The summed E-state index contributed by atoms with van der Waals surface area (Å²) in [6.45, 7) is 7.92. The van der Waals surface area contributed by atoms with Gasteiger partial charge in [-0.15, -0.1) is 0 Å². The highest BCUT2D eigenvalue weighted by Crippen LogP contribution is 2.31. The number of likely N-dealkylation sites (tertiary alicyclic amines) is 2. The molecule has 0 atom stereocenters. The van der Waals surface area contributed by atoms with Crippen molar-refractivity contribution in [2.45, 2.75) is 58.0 Å². The molecule has 0 aliphatic carbocycles. The molecule has 3 heterocycles. The van der Waals surface area contributed by atoms with E-state index >= 15 is 0 Å². The molecular weight excluding hydrogens is 542 g/mol. The summed E-state index contributed by atoms with van der Waals surface area (Å²) in [7, 11) is 3.68. The Morgan fingerprint density at radius 3 is 2.14 bits per heavy atom. The van der Waals surface area contributed by atoms with E-state index < -0.39 is 5.60 Å². The molecule has 0 unspecified atom stereocenters. The zero-order chi connectivity index (χ0) is 30.7. The predicted octanol–water partition coefficient (Wildman–Crippen LogP) is 5.72.